The van der Waals surface area contributed by atoms with Gasteiger partial charge in [0.2, 0.25) is 6.29 Å². The first-order valence-electron chi connectivity index (χ1n) is 5.35. The Morgan fingerprint density at radius 1 is 1.29 bits per heavy atom. The van der Waals surface area contributed by atoms with Crippen LogP contribution < -0.4 is 0 Å². The molecule has 0 aliphatic carbocycles. The SMILES string of the molecule is COC(=O)C1=C(c2ccccc2C)OC(C)O1. The van der Waals surface area contributed by atoms with Crippen molar-refractivity contribution < 1.29 is 19.0 Å². The van der Waals surface area contributed by atoms with Crippen LogP contribution in [0.4, 0.5) is 0 Å². The molecule has 17 heavy (non-hydrogen) atoms. The molecule has 1 atom stereocenters. The van der Waals surface area contributed by atoms with Crippen LogP contribution in [0.5, 0.6) is 0 Å². The molecule has 0 aromatic heterocycles. The Balaban J connectivity index is 2.47. The predicted molar refractivity (Wildman–Crippen MR) is 61.7 cm³/mol. The molecule has 0 N–H and O–H groups in total. The van der Waals surface area contributed by atoms with E-state index in [9.17, 15) is 4.79 Å². The second-order valence-corrected chi connectivity index (χ2v) is 3.77. The van der Waals surface area contributed by atoms with E-state index in [0.717, 1.165) is 11.1 Å². The summed E-state index contributed by atoms with van der Waals surface area (Å²) in [7, 11) is 1.32. The standard InChI is InChI=1S/C13H14O4/c1-8-6-4-5-7-10(8)11-12(13(14)15-3)17-9(2)16-11/h4-7,9H,1-3H3. The third kappa shape index (κ3) is 2.11. The molecule has 1 unspecified atom stereocenters. The second-order valence-electron chi connectivity index (χ2n) is 3.77. The van der Waals surface area contributed by atoms with Gasteiger partial charge in [-0.05, 0) is 12.5 Å². The van der Waals surface area contributed by atoms with E-state index in [-0.39, 0.29) is 5.76 Å². The fraction of sp³-hybridized carbons (Fsp3) is 0.308. The first kappa shape index (κ1) is 11.5. The Kier molecular flexibility index (Phi) is 3.04. The average molecular weight is 234 g/mol. The molecule has 0 amide bonds. The fourth-order valence-electron chi connectivity index (χ4n) is 1.71. The summed E-state index contributed by atoms with van der Waals surface area (Å²) < 4.78 is 15.5. The molecule has 4 nitrogen and oxygen atoms in total. The van der Waals surface area contributed by atoms with E-state index in [1.54, 1.807) is 6.92 Å². The highest BCUT2D eigenvalue weighted by atomic mass is 16.7. The van der Waals surface area contributed by atoms with Crippen molar-refractivity contribution in [2.75, 3.05) is 7.11 Å². The van der Waals surface area contributed by atoms with Gasteiger partial charge in [-0.15, -0.1) is 0 Å². The first-order valence-corrected chi connectivity index (χ1v) is 5.35. The fourth-order valence-corrected chi connectivity index (χ4v) is 1.71. The van der Waals surface area contributed by atoms with Crippen molar-refractivity contribution in [2.45, 2.75) is 20.1 Å². The van der Waals surface area contributed by atoms with E-state index >= 15 is 0 Å². The van der Waals surface area contributed by atoms with Gasteiger partial charge in [-0.2, -0.15) is 0 Å². The molecule has 0 fully saturated rings. The Hall–Kier alpha value is -1.97. The van der Waals surface area contributed by atoms with Crippen LogP contribution in [-0.4, -0.2) is 19.4 Å². The van der Waals surface area contributed by atoms with Gasteiger partial charge in [0.25, 0.3) is 5.76 Å². The minimum absolute atomic E-state index is 0.134. The minimum atomic E-state index is -0.521. The Morgan fingerprint density at radius 3 is 2.65 bits per heavy atom. The number of carbonyl (C=O) groups is 1. The van der Waals surface area contributed by atoms with Crippen molar-refractivity contribution in [2.24, 2.45) is 0 Å². The topological polar surface area (TPSA) is 44.8 Å². The largest absolute Gasteiger partial charge is 0.463 e. The molecular weight excluding hydrogens is 220 g/mol. The van der Waals surface area contributed by atoms with Gasteiger partial charge in [0.1, 0.15) is 0 Å². The maximum Gasteiger partial charge on any atom is 0.377 e. The molecule has 1 aliphatic heterocycles. The predicted octanol–water partition coefficient (Wildman–Crippen LogP) is 2.23. The molecule has 4 heteroatoms. The molecule has 90 valence electrons. The zero-order chi connectivity index (χ0) is 12.4. The minimum Gasteiger partial charge on any atom is -0.463 e. The molecule has 1 aliphatic rings. The highest BCUT2D eigenvalue weighted by molar-refractivity contribution is 5.95. The van der Waals surface area contributed by atoms with Crippen molar-refractivity contribution in [1.82, 2.24) is 0 Å². The Bertz CT molecular complexity index is 476. The van der Waals surface area contributed by atoms with E-state index in [1.807, 2.05) is 31.2 Å². The maximum absolute atomic E-state index is 11.6. The van der Waals surface area contributed by atoms with E-state index < -0.39 is 12.3 Å². The van der Waals surface area contributed by atoms with Gasteiger partial charge in [0.15, 0.2) is 5.76 Å². The molecule has 1 aromatic rings. The van der Waals surface area contributed by atoms with Gasteiger partial charge >= 0.3 is 5.97 Å². The lowest BCUT2D eigenvalue weighted by Gasteiger charge is -2.07. The summed E-state index contributed by atoms with van der Waals surface area (Å²) in [5, 5.41) is 0. The summed E-state index contributed by atoms with van der Waals surface area (Å²) in [6.45, 7) is 3.68. The summed E-state index contributed by atoms with van der Waals surface area (Å²) >= 11 is 0. The molecule has 1 aromatic carbocycles. The van der Waals surface area contributed by atoms with Gasteiger partial charge < -0.3 is 14.2 Å². The van der Waals surface area contributed by atoms with Crippen LogP contribution in [-0.2, 0) is 19.0 Å². The van der Waals surface area contributed by atoms with Crippen LogP contribution in [0.1, 0.15) is 18.1 Å². The number of rotatable bonds is 2. The average Bonchev–Trinajstić information content (AvgIpc) is 2.71. The van der Waals surface area contributed by atoms with Gasteiger partial charge in [-0.3, -0.25) is 0 Å². The van der Waals surface area contributed by atoms with E-state index in [1.165, 1.54) is 7.11 Å². The number of benzene rings is 1. The number of methoxy groups -OCH3 is 1. The maximum atomic E-state index is 11.6. The molecule has 1 heterocycles. The number of hydrogen-bond acceptors (Lipinski definition) is 4. The lowest BCUT2D eigenvalue weighted by Crippen LogP contribution is -2.08. The van der Waals surface area contributed by atoms with Crippen LogP contribution in [0.25, 0.3) is 5.76 Å². The molecule has 0 spiro atoms. The number of esters is 1. The smallest absolute Gasteiger partial charge is 0.377 e. The van der Waals surface area contributed by atoms with Gasteiger partial charge in [-0.25, -0.2) is 4.79 Å². The molecule has 0 bridgehead atoms. The second kappa shape index (κ2) is 4.49. The lowest BCUT2D eigenvalue weighted by atomic mass is 10.1. The van der Waals surface area contributed by atoms with E-state index in [0.29, 0.717) is 5.76 Å². The van der Waals surface area contributed by atoms with Crippen molar-refractivity contribution in [3.63, 3.8) is 0 Å². The summed E-state index contributed by atoms with van der Waals surface area (Å²) in [6, 6.07) is 7.64. The summed E-state index contributed by atoms with van der Waals surface area (Å²) in [5.74, 6) is 0.0596. The van der Waals surface area contributed by atoms with Crippen LogP contribution >= 0.6 is 0 Å². The zero-order valence-electron chi connectivity index (χ0n) is 10.0. The van der Waals surface area contributed by atoms with Crippen LogP contribution in [0.2, 0.25) is 0 Å². The Labute approximate surface area is 99.8 Å². The number of carbonyl (C=O) groups excluding carboxylic acids is 1. The van der Waals surface area contributed by atoms with Crippen molar-refractivity contribution >= 4 is 11.7 Å². The molecule has 0 radical (unpaired) electrons. The quantitative estimate of drug-likeness (QED) is 0.736. The molecule has 2 rings (SSSR count). The normalized spacial score (nSPS) is 18.6. The number of aryl methyl sites for hydroxylation is 1. The third-order valence-electron chi connectivity index (χ3n) is 2.53. The zero-order valence-corrected chi connectivity index (χ0v) is 10.0. The van der Waals surface area contributed by atoms with E-state index in [4.69, 9.17) is 9.47 Å². The lowest BCUT2D eigenvalue weighted by molar-refractivity contribution is -0.141. The number of ether oxygens (including phenoxy) is 3. The highest BCUT2D eigenvalue weighted by Crippen LogP contribution is 2.32. The van der Waals surface area contributed by atoms with Gasteiger partial charge in [-0.1, -0.05) is 24.3 Å². The molecule has 0 saturated heterocycles. The monoisotopic (exact) mass is 234 g/mol. The van der Waals surface area contributed by atoms with Crippen molar-refractivity contribution in [3.8, 4) is 0 Å². The van der Waals surface area contributed by atoms with Crippen LogP contribution in [0.3, 0.4) is 0 Å². The summed E-state index contributed by atoms with van der Waals surface area (Å²) in [6.07, 6.45) is -0.473. The van der Waals surface area contributed by atoms with Crippen LogP contribution in [0.15, 0.2) is 30.0 Å². The Morgan fingerprint density at radius 2 is 2.00 bits per heavy atom. The molecular formula is C13H14O4. The van der Waals surface area contributed by atoms with Gasteiger partial charge in [0, 0.05) is 12.5 Å². The van der Waals surface area contributed by atoms with Crippen molar-refractivity contribution in [3.05, 3.63) is 41.2 Å². The molecule has 0 saturated carbocycles. The third-order valence-corrected chi connectivity index (χ3v) is 2.53. The van der Waals surface area contributed by atoms with Crippen LogP contribution in [0, 0.1) is 6.92 Å². The first-order chi connectivity index (χ1) is 8.13. The number of hydrogen-bond donors (Lipinski definition) is 0. The summed E-state index contributed by atoms with van der Waals surface area (Å²) in [4.78, 5) is 11.6. The highest BCUT2D eigenvalue weighted by Gasteiger charge is 2.31. The van der Waals surface area contributed by atoms with E-state index in [2.05, 4.69) is 4.74 Å². The van der Waals surface area contributed by atoms with Gasteiger partial charge in [0.05, 0.1) is 7.11 Å². The summed E-state index contributed by atoms with van der Waals surface area (Å²) in [5.41, 5.74) is 1.86. The van der Waals surface area contributed by atoms with Crippen molar-refractivity contribution in [1.29, 1.82) is 0 Å².